The third-order valence-corrected chi connectivity index (χ3v) is 7.79. The summed E-state index contributed by atoms with van der Waals surface area (Å²) in [6, 6.07) is 10.3. The van der Waals surface area contributed by atoms with Crippen LogP contribution in [0.25, 0.3) is 16.5 Å². The quantitative estimate of drug-likeness (QED) is 0.712. The van der Waals surface area contributed by atoms with Crippen LogP contribution in [-0.4, -0.2) is 42.8 Å². The first-order chi connectivity index (χ1) is 12.9. The third-order valence-electron chi connectivity index (χ3n) is 4.95. The molecule has 1 aliphatic heterocycles. The number of hydrogen-bond acceptors (Lipinski definition) is 4. The number of halogens is 1. The highest BCUT2D eigenvalue weighted by atomic mass is 32.2. The predicted molar refractivity (Wildman–Crippen MR) is 106 cm³/mol. The number of hydrogen-bond donors (Lipinski definition) is 0. The van der Waals surface area contributed by atoms with E-state index in [1.54, 1.807) is 29.2 Å². The number of rotatable bonds is 5. The van der Waals surface area contributed by atoms with E-state index < -0.39 is 9.84 Å². The molecule has 7 heteroatoms. The van der Waals surface area contributed by atoms with E-state index in [-0.39, 0.29) is 35.3 Å². The van der Waals surface area contributed by atoms with Crippen molar-refractivity contribution in [3.8, 4) is 10.4 Å². The molecule has 0 spiro atoms. The van der Waals surface area contributed by atoms with Crippen molar-refractivity contribution in [2.24, 2.45) is 0 Å². The van der Waals surface area contributed by atoms with Gasteiger partial charge >= 0.3 is 0 Å². The smallest absolute Gasteiger partial charge is 0.247 e. The number of nitrogens with zero attached hydrogens (tertiary/aromatic N) is 1. The second-order valence-electron chi connectivity index (χ2n) is 7.05. The van der Waals surface area contributed by atoms with Crippen molar-refractivity contribution < 1.29 is 17.6 Å². The molecular formula is C20H20FNO3S2. The van der Waals surface area contributed by atoms with Crippen molar-refractivity contribution in [3.05, 3.63) is 53.2 Å². The summed E-state index contributed by atoms with van der Waals surface area (Å²) < 4.78 is 37.5. The molecule has 2 heterocycles. The summed E-state index contributed by atoms with van der Waals surface area (Å²) in [5, 5.41) is 0. The average Bonchev–Trinajstić information content (AvgIpc) is 3.23. The van der Waals surface area contributed by atoms with Gasteiger partial charge in [0.25, 0.3) is 0 Å². The SMILES string of the molecule is O=C(/C=C/c1ccc(-c2ccccc2F)s1)N(C1CC1)C1CCS(=O)(=O)C1. The van der Waals surface area contributed by atoms with Crippen LogP contribution in [-0.2, 0) is 14.6 Å². The van der Waals surface area contributed by atoms with Crippen LogP contribution in [0, 0.1) is 5.82 Å². The Labute approximate surface area is 162 Å². The Morgan fingerprint density at radius 1 is 1.11 bits per heavy atom. The van der Waals surface area contributed by atoms with Gasteiger partial charge in [0.1, 0.15) is 5.82 Å². The summed E-state index contributed by atoms with van der Waals surface area (Å²) in [7, 11) is -3.03. The molecule has 1 unspecified atom stereocenters. The topological polar surface area (TPSA) is 54.5 Å². The van der Waals surface area contributed by atoms with E-state index in [2.05, 4.69) is 0 Å². The fraction of sp³-hybridized carbons (Fsp3) is 0.350. The van der Waals surface area contributed by atoms with E-state index in [1.807, 2.05) is 12.1 Å². The number of carbonyl (C=O) groups excluding carboxylic acids is 1. The van der Waals surface area contributed by atoms with Gasteiger partial charge in [0.2, 0.25) is 5.91 Å². The molecule has 4 rings (SSSR count). The summed E-state index contributed by atoms with van der Waals surface area (Å²) in [6.07, 6.45) is 5.64. The molecular weight excluding hydrogens is 385 g/mol. The van der Waals surface area contributed by atoms with Gasteiger partial charge in [-0.1, -0.05) is 18.2 Å². The molecule has 1 aromatic carbocycles. The number of sulfone groups is 1. The van der Waals surface area contributed by atoms with E-state index >= 15 is 0 Å². The minimum atomic E-state index is -3.03. The van der Waals surface area contributed by atoms with Crippen LogP contribution in [0.2, 0.25) is 0 Å². The highest BCUT2D eigenvalue weighted by molar-refractivity contribution is 7.91. The summed E-state index contributed by atoms with van der Waals surface area (Å²) in [4.78, 5) is 16.1. The van der Waals surface area contributed by atoms with Crippen LogP contribution in [0.3, 0.4) is 0 Å². The van der Waals surface area contributed by atoms with E-state index in [1.165, 1.54) is 23.5 Å². The van der Waals surface area contributed by atoms with Crippen molar-refractivity contribution in [3.63, 3.8) is 0 Å². The van der Waals surface area contributed by atoms with Gasteiger partial charge in [-0.2, -0.15) is 0 Å². The molecule has 4 nitrogen and oxygen atoms in total. The lowest BCUT2D eigenvalue weighted by Gasteiger charge is -2.27. The monoisotopic (exact) mass is 405 g/mol. The molecule has 0 radical (unpaired) electrons. The largest absolute Gasteiger partial charge is 0.332 e. The molecule has 27 heavy (non-hydrogen) atoms. The van der Waals surface area contributed by atoms with E-state index in [4.69, 9.17) is 0 Å². The Morgan fingerprint density at radius 3 is 2.56 bits per heavy atom. The maximum absolute atomic E-state index is 13.9. The zero-order valence-corrected chi connectivity index (χ0v) is 16.3. The fourth-order valence-electron chi connectivity index (χ4n) is 3.49. The standard InChI is InChI=1S/C20H20FNO3S2/c21-18-4-2-1-3-17(18)19-9-7-16(26-19)8-10-20(23)22(14-5-6-14)15-11-12-27(24,25)13-15/h1-4,7-10,14-15H,5-6,11-13H2/b10-8+. The van der Waals surface area contributed by atoms with E-state index in [0.717, 1.165) is 22.6 Å². The lowest BCUT2D eigenvalue weighted by molar-refractivity contribution is -0.128. The zero-order chi connectivity index (χ0) is 19.0. The second-order valence-corrected chi connectivity index (χ2v) is 10.4. The molecule has 1 aliphatic carbocycles. The van der Waals surface area contributed by atoms with Crippen LogP contribution in [0.15, 0.2) is 42.5 Å². The molecule has 1 aromatic heterocycles. The second kappa shape index (κ2) is 7.20. The first-order valence-corrected chi connectivity index (χ1v) is 11.6. The van der Waals surface area contributed by atoms with Gasteiger partial charge in [-0.05, 0) is 43.5 Å². The van der Waals surface area contributed by atoms with Gasteiger partial charge < -0.3 is 4.90 Å². The van der Waals surface area contributed by atoms with Gasteiger partial charge in [-0.3, -0.25) is 4.79 Å². The van der Waals surface area contributed by atoms with Gasteiger partial charge in [0.15, 0.2) is 9.84 Å². The molecule has 1 amide bonds. The van der Waals surface area contributed by atoms with Crippen LogP contribution >= 0.6 is 11.3 Å². The fourth-order valence-corrected chi connectivity index (χ4v) is 6.14. The Morgan fingerprint density at radius 2 is 1.89 bits per heavy atom. The Kier molecular flexibility index (Phi) is 4.90. The summed E-state index contributed by atoms with van der Waals surface area (Å²) in [6.45, 7) is 0. The number of benzene rings is 1. The molecule has 1 saturated heterocycles. The molecule has 2 aromatic rings. The van der Waals surface area contributed by atoms with Crippen LogP contribution in [0.5, 0.6) is 0 Å². The van der Waals surface area contributed by atoms with Crippen LogP contribution in [0.1, 0.15) is 24.1 Å². The van der Waals surface area contributed by atoms with Crippen molar-refractivity contribution in [1.82, 2.24) is 4.90 Å². The molecule has 0 N–H and O–H groups in total. The van der Waals surface area contributed by atoms with E-state index in [0.29, 0.717) is 12.0 Å². The third kappa shape index (κ3) is 4.14. The maximum Gasteiger partial charge on any atom is 0.247 e. The summed E-state index contributed by atoms with van der Waals surface area (Å²) >= 11 is 1.42. The zero-order valence-electron chi connectivity index (χ0n) is 14.7. The minimum Gasteiger partial charge on any atom is -0.332 e. The Bertz CT molecular complexity index is 992. The number of carbonyl (C=O) groups is 1. The van der Waals surface area contributed by atoms with Crippen molar-refractivity contribution in [2.75, 3.05) is 11.5 Å². The first-order valence-electron chi connectivity index (χ1n) is 8.98. The normalized spacial score (nSPS) is 21.6. The Hall–Kier alpha value is -1.99. The summed E-state index contributed by atoms with van der Waals surface area (Å²) in [5.74, 6) is -0.178. The number of thiophene rings is 1. The molecule has 2 fully saturated rings. The highest BCUT2D eigenvalue weighted by Gasteiger charge is 2.41. The lowest BCUT2D eigenvalue weighted by atomic mass is 10.2. The highest BCUT2D eigenvalue weighted by Crippen LogP contribution is 2.33. The first kappa shape index (κ1) is 18.4. The van der Waals surface area contributed by atoms with Crippen molar-refractivity contribution in [2.45, 2.75) is 31.3 Å². The average molecular weight is 406 g/mol. The van der Waals surface area contributed by atoms with Gasteiger partial charge in [-0.15, -0.1) is 11.3 Å². The minimum absolute atomic E-state index is 0.0690. The molecule has 1 atom stereocenters. The molecule has 0 bridgehead atoms. The molecule has 2 aliphatic rings. The molecule has 142 valence electrons. The van der Waals surface area contributed by atoms with Crippen LogP contribution < -0.4 is 0 Å². The lowest BCUT2D eigenvalue weighted by Crippen LogP contribution is -2.41. The van der Waals surface area contributed by atoms with Gasteiger partial charge in [0.05, 0.1) is 11.5 Å². The van der Waals surface area contributed by atoms with Gasteiger partial charge in [-0.25, -0.2) is 12.8 Å². The van der Waals surface area contributed by atoms with E-state index in [9.17, 15) is 17.6 Å². The maximum atomic E-state index is 13.9. The Balaban J connectivity index is 1.49. The molecule has 1 saturated carbocycles. The van der Waals surface area contributed by atoms with Crippen LogP contribution in [0.4, 0.5) is 4.39 Å². The summed E-state index contributed by atoms with van der Waals surface area (Å²) in [5.41, 5.74) is 0.546. The van der Waals surface area contributed by atoms with Crippen molar-refractivity contribution >= 4 is 33.2 Å². The van der Waals surface area contributed by atoms with Gasteiger partial charge in [0, 0.05) is 33.5 Å². The van der Waals surface area contributed by atoms with Crippen molar-refractivity contribution in [1.29, 1.82) is 0 Å². The predicted octanol–water partition coefficient (Wildman–Crippen LogP) is 3.75. The number of amides is 1.